The number of thiophene rings is 1. The Hall–Kier alpha value is -2.46. The van der Waals surface area contributed by atoms with Crippen molar-refractivity contribution in [2.24, 2.45) is 0 Å². The van der Waals surface area contributed by atoms with Crippen LogP contribution in [0, 0.1) is 6.92 Å². The van der Waals surface area contributed by atoms with Crippen LogP contribution in [-0.4, -0.2) is 19.4 Å². The molecule has 3 rings (SSSR count). The van der Waals surface area contributed by atoms with Crippen LogP contribution in [-0.2, 0) is 21.4 Å². The number of hydrogen-bond acceptors (Lipinski definition) is 6. The fourth-order valence-corrected chi connectivity index (χ4v) is 5.01. The van der Waals surface area contributed by atoms with E-state index in [-0.39, 0.29) is 17.3 Å². The molecule has 9 heteroatoms. The lowest BCUT2D eigenvalue weighted by Crippen LogP contribution is -2.23. The first kappa shape index (κ1) is 21.3. The van der Waals surface area contributed by atoms with Crippen molar-refractivity contribution >= 4 is 33.0 Å². The van der Waals surface area contributed by atoms with Gasteiger partial charge in [-0.2, -0.15) is 0 Å². The van der Waals surface area contributed by atoms with Crippen molar-refractivity contribution in [2.45, 2.75) is 37.8 Å². The van der Waals surface area contributed by atoms with Gasteiger partial charge >= 0.3 is 0 Å². The van der Waals surface area contributed by atoms with Gasteiger partial charge in [-0.3, -0.25) is 4.79 Å². The first-order valence-corrected chi connectivity index (χ1v) is 11.3. The Balaban J connectivity index is 1.68. The standard InChI is InChI=1S/C20H22N2O5S2/c1-3-19(23)22-14-6-9-18(13(2)11-14)29(25,26)21-12-15-7-8-17(28-15)20(24)16-5-4-10-27-16/h4-11,20-21,24H,3,12H2,1-2H3,(H,22,23). The molecule has 0 aliphatic rings. The van der Waals surface area contributed by atoms with Gasteiger partial charge in [0.2, 0.25) is 15.9 Å². The van der Waals surface area contributed by atoms with Crippen molar-refractivity contribution in [1.82, 2.24) is 4.72 Å². The number of aliphatic hydroxyl groups excluding tert-OH is 1. The van der Waals surface area contributed by atoms with Crippen molar-refractivity contribution in [3.05, 3.63) is 69.8 Å². The first-order chi connectivity index (χ1) is 13.8. The number of hydrogen-bond donors (Lipinski definition) is 3. The minimum Gasteiger partial charge on any atom is -0.466 e. The molecule has 0 spiro atoms. The summed E-state index contributed by atoms with van der Waals surface area (Å²) in [7, 11) is -3.73. The number of anilines is 1. The fraction of sp³-hybridized carbons (Fsp3) is 0.250. The molecule has 1 amide bonds. The largest absolute Gasteiger partial charge is 0.466 e. The Morgan fingerprint density at radius 1 is 1.24 bits per heavy atom. The van der Waals surface area contributed by atoms with Gasteiger partial charge in [0.05, 0.1) is 11.2 Å². The smallest absolute Gasteiger partial charge is 0.241 e. The van der Waals surface area contributed by atoms with Crippen molar-refractivity contribution in [3.8, 4) is 0 Å². The molecule has 0 aliphatic carbocycles. The summed E-state index contributed by atoms with van der Waals surface area (Å²) < 4.78 is 33.2. The molecule has 0 aliphatic heterocycles. The molecule has 3 N–H and O–H groups in total. The summed E-state index contributed by atoms with van der Waals surface area (Å²) in [6.45, 7) is 3.53. The van der Waals surface area contributed by atoms with Crippen LogP contribution in [0.2, 0.25) is 0 Å². The maximum absolute atomic E-state index is 12.7. The zero-order valence-electron chi connectivity index (χ0n) is 16.0. The number of furan rings is 1. The molecule has 0 saturated carbocycles. The highest BCUT2D eigenvalue weighted by Gasteiger charge is 2.19. The van der Waals surface area contributed by atoms with Gasteiger partial charge < -0.3 is 14.8 Å². The molecule has 0 saturated heterocycles. The summed E-state index contributed by atoms with van der Waals surface area (Å²) in [5, 5.41) is 13.0. The van der Waals surface area contributed by atoms with Crippen LogP contribution >= 0.6 is 11.3 Å². The zero-order chi connectivity index (χ0) is 21.0. The molecular formula is C20H22N2O5S2. The molecule has 154 valence electrons. The second kappa shape index (κ2) is 8.91. The second-order valence-corrected chi connectivity index (χ2v) is 9.36. The molecule has 1 atom stereocenters. The molecule has 1 aromatic carbocycles. The van der Waals surface area contributed by atoms with Crippen LogP contribution in [0.25, 0.3) is 0 Å². The monoisotopic (exact) mass is 434 g/mol. The van der Waals surface area contributed by atoms with Crippen LogP contribution in [0.15, 0.2) is 58.0 Å². The van der Waals surface area contributed by atoms with E-state index in [1.165, 1.54) is 23.7 Å². The molecule has 29 heavy (non-hydrogen) atoms. The number of sulfonamides is 1. The fourth-order valence-electron chi connectivity index (χ4n) is 2.75. The summed E-state index contributed by atoms with van der Waals surface area (Å²) in [5.41, 5.74) is 1.09. The minimum absolute atomic E-state index is 0.103. The van der Waals surface area contributed by atoms with Crippen LogP contribution in [0.1, 0.15) is 40.5 Å². The molecular weight excluding hydrogens is 412 g/mol. The molecule has 3 aromatic rings. The predicted octanol–water partition coefficient (Wildman–Crippen LogP) is 3.56. The number of benzene rings is 1. The summed E-state index contributed by atoms with van der Waals surface area (Å²) in [4.78, 5) is 13.1. The molecule has 2 heterocycles. The number of rotatable bonds is 8. The molecule has 0 bridgehead atoms. The Morgan fingerprint density at radius 3 is 2.69 bits per heavy atom. The van der Waals surface area contributed by atoms with E-state index in [2.05, 4.69) is 10.0 Å². The van der Waals surface area contributed by atoms with Crippen LogP contribution in [0.5, 0.6) is 0 Å². The van der Waals surface area contributed by atoms with Crippen molar-refractivity contribution in [1.29, 1.82) is 0 Å². The van der Waals surface area contributed by atoms with Crippen molar-refractivity contribution < 1.29 is 22.7 Å². The van der Waals surface area contributed by atoms with Crippen LogP contribution < -0.4 is 10.0 Å². The maximum atomic E-state index is 12.7. The number of carbonyl (C=O) groups is 1. The van der Waals surface area contributed by atoms with Gasteiger partial charge in [-0.25, -0.2) is 13.1 Å². The summed E-state index contributed by atoms with van der Waals surface area (Å²) in [6.07, 6.45) is 0.953. The van der Waals surface area contributed by atoms with Gasteiger partial charge in [0.15, 0.2) is 0 Å². The number of nitrogens with one attached hydrogen (secondary N) is 2. The Labute approximate surface area is 173 Å². The quantitative estimate of drug-likeness (QED) is 0.502. The molecule has 1 unspecified atom stereocenters. The van der Waals surface area contributed by atoms with Gasteiger partial charge in [0.25, 0.3) is 0 Å². The first-order valence-electron chi connectivity index (χ1n) is 9.00. The van der Waals surface area contributed by atoms with Crippen LogP contribution in [0.4, 0.5) is 5.69 Å². The average Bonchev–Trinajstić information content (AvgIpc) is 3.38. The van der Waals surface area contributed by atoms with Crippen molar-refractivity contribution in [2.75, 3.05) is 5.32 Å². The highest BCUT2D eigenvalue weighted by atomic mass is 32.2. The topological polar surface area (TPSA) is 109 Å². The SMILES string of the molecule is CCC(=O)Nc1ccc(S(=O)(=O)NCc2ccc(C(O)c3ccco3)s2)c(C)c1. The lowest BCUT2D eigenvalue weighted by molar-refractivity contribution is -0.115. The molecule has 0 fully saturated rings. The average molecular weight is 435 g/mol. The second-order valence-electron chi connectivity index (χ2n) is 6.43. The number of aryl methyl sites for hydroxylation is 1. The van der Waals surface area contributed by atoms with E-state index in [9.17, 15) is 18.3 Å². The zero-order valence-corrected chi connectivity index (χ0v) is 17.6. The lowest BCUT2D eigenvalue weighted by Gasteiger charge is -2.11. The summed E-state index contributed by atoms with van der Waals surface area (Å²) in [6, 6.07) is 11.6. The number of aliphatic hydroxyl groups is 1. The van der Waals surface area contributed by atoms with Gasteiger partial charge in [0, 0.05) is 28.4 Å². The van der Waals surface area contributed by atoms with E-state index >= 15 is 0 Å². The molecule has 7 nitrogen and oxygen atoms in total. The highest BCUT2D eigenvalue weighted by molar-refractivity contribution is 7.89. The van der Waals surface area contributed by atoms with Gasteiger partial charge in [-0.15, -0.1) is 11.3 Å². The Bertz CT molecular complexity index is 1090. The van der Waals surface area contributed by atoms with E-state index in [1.54, 1.807) is 50.2 Å². The van der Waals surface area contributed by atoms with E-state index in [0.29, 0.717) is 28.3 Å². The predicted molar refractivity (Wildman–Crippen MR) is 111 cm³/mol. The Morgan fingerprint density at radius 2 is 2.03 bits per heavy atom. The third-order valence-electron chi connectivity index (χ3n) is 4.27. The van der Waals surface area contributed by atoms with Crippen molar-refractivity contribution in [3.63, 3.8) is 0 Å². The normalized spacial score (nSPS) is 12.7. The van der Waals surface area contributed by atoms with Crippen LogP contribution in [0.3, 0.4) is 0 Å². The van der Waals surface area contributed by atoms with Gasteiger partial charge in [-0.1, -0.05) is 6.92 Å². The molecule has 0 radical (unpaired) electrons. The van der Waals surface area contributed by atoms with Gasteiger partial charge in [0.1, 0.15) is 11.9 Å². The van der Waals surface area contributed by atoms with E-state index in [4.69, 9.17) is 4.42 Å². The van der Waals surface area contributed by atoms with E-state index in [1.807, 2.05) is 0 Å². The van der Waals surface area contributed by atoms with E-state index in [0.717, 1.165) is 4.88 Å². The maximum Gasteiger partial charge on any atom is 0.241 e. The molecule has 2 aromatic heterocycles. The third-order valence-corrected chi connectivity index (χ3v) is 6.97. The number of amides is 1. The minimum atomic E-state index is -3.73. The highest BCUT2D eigenvalue weighted by Crippen LogP contribution is 2.29. The summed E-state index contributed by atoms with van der Waals surface area (Å²) >= 11 is 1.31. The lowest BCUT2D eigenvalue weighted by atomic mass is 10.2. The third kappa shape index (κ3) is 5.13. The summed E-state index contributed by atoms with van der Waals surface area (Å²) in [5.74, 6) is 0.299. The van der Waals surface area contributed by atoms with E-state index < -0.39 is 16.1 Å². The van der Waals surface area contributed by atoms with Gasteiger partial charge in [-0.05, 0) is 55.0 Å². The Kier molecular flexibility index (Phi) is 6.53. The number of carbonyl (C=O) groups excluding carboxylic acids is 1.